The predicted molar refractivity (Wildman–Crippen MR) is 60.4 cm³/mol. The molecule has 0 spiro atoms. The normalized spacial score (nSPS) is 12.1. The maximum Gasteiger partial charge on any atom is 0.326 e. The summed E-state index contributed by atoms with van der Waals surface area (Å²) in [7, 11) is 0. The number of carbonyl (C=O) groups is 2. The van der Waals surface area contributed by atoms with E-state index in [-0.39, 0.29) is 0 Å². The van der Waals surface area contributed by atoms with Gasteiger partial charge in [0.05, 0.1) is 5.69 Å². The molecule has 4 N–H and O–H groups in total. The van der Waals surface area contributed by atoms with Crippen LogP contribution in [0.15, 0.2) is 0 Å². The molecular formula is C9H13N3O3S. The smallest absolute Gasteiger partial charge is 0.326 e. The monoisotopic (exact) mass is 243 g/mol. The topological polar surface area (TPSA) is 105 Å². The second-order valence-electron chi connectivity index (χ2n) is 3.24. The molecule has 0 saturated heterocycles. The van der Waals surface area contributed by atoms with E-state index in [0.717, 1.165) is 11.3 Å². The summed E-state index contributed by atoms with van der Waals surface area (Å²) < 4.78 is 0. The Labute approximate surface area is 96.5 Å². The van der Waals surface area contributed by atoms with E-state index in [0.29, 0.717) is 22.1 Å². The summed E-state index contributed by atoms with van der Waals surface area (Å²) in [6.45, 7) is 3.34. The second-order valence-corrected chi connectivity index (χ2v) is 4.27. The fourth-order valence-corrected chi connectivity index (χ4v) is 1.93. The second kappa shape index (κ2) is 4.93. The van der Waals surface area contributed by atoms with Crippen molar-refractivity contribution in [3.8, 4) is 0 Å². The van der Waals surface area contributed by atoms with Crippen molar-refractivity contribution in [2.45, 2.75) is 26.3 Å². The van der Waals surface area contributed by atoms with Gasteiger partial charge in [0, 0.05) is 0 Å². The number of nitrogens with two attached hydrogens (primary N) is 1. The zero-order chi connectivity index (χ0) is 12.3. The average molecular weight is 243 g/mol. The van der Waals surface area contributed by atoms with E-state index in [1.807, 2.05) is 0 Å². The Bertz CT molecular complexity index is 416. The third kappa shape index (κ3) is 2.69. The van der Waals surface area contributed by atoms with Gasteiger partial charge in [-0.25, -0.2) is 9.78 Å². The zero-order valence-corrected chi connectivity index (χ0v) is 9.80. The first kappa shape index (κ1) is 12.4. The summed E-state index contributed by atoms with van der Waals surface area (Å²) in [6.07, 6.45) is 0.328. The molecule has 1 aromatic heterocycles. The van der Waals surface area contributed by atoms with Crippen LogP contribution < -0.4 is 11.1 Å². The van der Waals surface area contributed by atoms with Gasteiger partial charge < -0.3 is 16.2 Å². The third-order valence-electron chi connectivity index (χ3n) is 2.03. The van der Waals surface area contributed by atoms with Gasteiger partial charge in [-0.2, -0.15) is 0 Å². The summed E-state index contributed by atoms with van der Waals surface area (Å²) in [5.41, 5.74) is 5.97. The summed E-state index contributed by atoms with van der Waals surface area (Å²) in [5.74, 6) is -1.49. The third-order valence-corrected chi connectivity index (χ3v) is 3.02. The fourth-order valence-electron chi connectivity index (χ4n) is 1.19. The Morgan fingerprint density at radius 1 is 1.62 bits per heavy atom. The molecule has 0 saturated carbocycles. The van der Waals surface area contributed by atoms with E-state index in [1.54, 1.807) is 13.8 Å². The average Bonchev–Trinajstić information content (AvgIpc) is 2.53. The molecule has 88 valence electrons. The molecule has 0 unspecified atom stereocenters. The van der Waals surface area contributed by atoms with Gasteiger partial charge in [-0.15, -0.1) is 0 Å². The van der Waals surface area contributed by atoms with Gasteiger partial charge in [-0.05, 0) is 13.3 Å². The quantitative estimate of drug-likeness (QED) is 0.719. The minimum atomic E-state index is -1.05. The van der Waals surface area contributed by atoms with Crippen molar-refractivity contribution in [1.29, 1.82) is 0 Å². The van der Waals surface area contributed by atoms with Gasteiger partial charge in [0.15, 0.2) is 5.13 Å². The molecule has 0 radical (unpaired) electrons. The van der Waals surface area contributed by atoms with Crippen LogP contribution in [0.5, 0.6) is 0 Å². The Balaban J connectivity index is 2.79. The summed E-state index contributed by atoms with van der Waals surface area (Å²) in [6, 6.07) is -0.879. The minimum Gasteiger partial charge on any atom is -0.480 e. The predicted octanol–water partition coefficient (Wildman–Crippen LogP) is 0.627. The lowest BCUT2D eigenvalue weighted by Crippen LogP contribution is -2.40. The Morgan fingerprint density at radius 2 is 2.25 bits per heavy atom. The van der Waals surface area contributed by atoms with E-state index in [2.05, 4.69) is 10.3 Å². The molecular weight excluding hydrogens is 230 g/mol. The summed E-state index contributed by atoms with van der Waals surface area (Å²) in [4.78, 5) is 26.7. The van der Waals surface area contributed by atoms with Crippen LogP contribution in [0.3, 0.4) is 0 Å². The van der Waals surface area contributed by atoms with E-state index in [4.69, 9.17) is 10.8 Å². The molecule has 1 aromatic rings. The Morgan fingerprint density at radius 3 is 2.62 bits per heavy atom. The number of carbonyl (C=O) groups excluding carboxylic acids is 1. The number of aliphatic carboxylic acids is 1. The summed E-state index contributed by atoms with van der Waals surface area (Å²) in [5, 5.41) is 11.5. The van der Waals surface area contributed by atoms with Crippen LogP contribution in [-0.2, 0) is 4.79 Å². The van der Waals surface area contributed by atoms with Crippen molar-refractivity contribution in [2.24, 2.45) is 0 Å². The standard InChI is InChI=1S/C9H13N3O3S/c1-3-5(8(14)15)12-7(13)6-4(2)11-9(10)16-6/h5H,3H2,1-2H3,(H2,10,11)(H,12,13)(H,14,15)/t5-/m1/s1. The van der Waals surface area contributed by atoms with Gasteiger partial charge in [0.25, 0.3) is 5.91 Å². The lowest BCUT2D eigenvalue weighted by Gasteiger charge is -2.11. The number of thiazole rings is 1. The van der Waals surface area contributed by atoms with Gasteiger partial charge in [0.1, 0.15) is 10.9 Å². The highest BCUT2D eigenvalue weighted by atomic mass is 32.1. The van der Waals surface area contributed by atoms with Crippen molar-refractivity contribution in [3.05, 3.63) is 10.6 Å². The van der Waals surface area contributed by atoms with Crippen molar-refractivity contribution in [2.75, 3.05) is 5.73 Å². The number of nitrogen functional groups attached to an aromatic ring is 1. The van der Waals surface area contributed by atoms with Crippen LogP contribution >= 0.6 is 11.3 Å². The number of carboxylic acids is 1. The van der Waals surface area contributed by atoms with E-state index in [9.17, 15) is 9.59 Å². The van der Waals surface area contributed by atoms with Gasteiger partial charge >= 0.3 is 5.97 Å². The van der Waals surface area contributed by atoms with E-state index in [1.165, 1.54) is 0 Å². The number of amides is 1. The molecule has 6 nitrogen and oxygen atoms in total. The zero-order valence-electron chi connectivity index (χ0n) is 8.98. The molecule has 1 heterocycles. The Kier molecular flexibility index (Phi) is 3.83. The molecule has 0 aliphatic carbocycles. The van der Waals surface area contributed by atoms with Crippen molar-refractivity contribution in [3.63, 3.8) is 0 Å². The van der Waals surface area contributed by atoms with Gasteiger partial charge in [-0.1, -0.05) is 18.3 Å². The van der Waals surface area contributed by atoms with Crippen molar-refractivity contribution >= 4 is 28.3 Å². The van der Waals surface area contributed by atoms with Crippen LogP contribution in [0, 0.1) is 6.92 Å². The first-order valence-corrected chi connectivity index (χ1v) is 5.54. The van der Waals surface area contributed by atoms with Gasteiger partial charge in [-0.3, -0.25) is 4.79 Å². The van der Waals surface area contributed by atoms with Crippen molar-refractivity contribution < 1.29 is 14.7 Å². The van der Waals surface area contributed by atoms with Gasteiger partial charge in [0.2, 0.25) is 0 Å². The number of hydrogen-bond acceptors (Lipinski definition) is 5. The Hall–Kier alpha value is -1.63. The highest BCUT2D eigenvalue weighted by Gasteiger charge is 2.21. The molecule has 1 amide bonds. The first-order chi connectivity index (χ1) is 7.45. The van der Waals surface area contributed by atoms with E-state index >= 15 is 0 Å². The molecule has 1 rings (SSSR count). The van der Waals surface area contributed by atoms with Crippen LogP contribution in [0.1, 0.15) is 28.7 Å². The molecule has 0 aromatic carbocycles. The number of aryl methyl sites for hydroxylation is 1. The number of carboxylic acid groups (broad SMARTS) is 1. The molecule has 7 heteroatoms. The van der Waals surface area contributed by atoms with Crippen LogP contribution in [-0.4, -0.2) is 28.0 Å². The maximum absolute atomic E-state index is 11.7. The number of hydrogen-bond donors (Lipinski definition) is 3. The molecule has 0 fully saturated rings. The molecule has 0 bridgehead atoms. The van der Waals surface area contributed by atoms with Crippen LogP contribution in [0.4, 0.5) is 5.13 Å². The molecule has 0 aliphatic rings. The molecule has 16 heavy (non-hydrogen) atoms. The lowest BCUT2D eigenvalue weighted by atomic mass is 10.2. The number of anilines is 1. The highest BCUT2D eigenvalue weighted by Crippen LogP contribution is 2.19. The van der Waals surface area contributed by atoms with Crippen LogP contribution in [0.25, 0.3) is 0 Å². The number of nitrogens with one attached hydrogen (secondary N) is 1. The molecule has 1 atom stereocenters. The van der Waals surface area contributed by atoms with Crippen molar-refractivity contribution in [1.82, 2.24) is 10.3 Å². The number of aromatic nitrogens is 1. The van der Waals surface area contributed by atoms with Crippen LogP contribution in [0.2, 0.25) is 0 Å². The SMILES string of the molecule is CC[C@@H](NC(=O)c1sc(N)nc1C)C(=O)O. The van der Waals surface area contributed by atoms with E-state index < -0.39 is 17.9 Å². The summed E-state index contributed by atoms with van der Waals surface area (Å²) >= 11 is 1.05. The number of nitrogens with zero attached hydrogens (tertiary/aromatic N) is 1. The molecule has 0 aliphatic heterocycles. The highest BCUT2D eigenvalue weighted by molar-refractivity contribution is 7.17. The maximum atomic E-state index is 11.7. The fraction of sp³-hybridized carbons (Fsp3) is 0.444. The minimum absolute atomic E-state index is 0.297. The number of rotatable bonds is 4. The largest absolute Gasteiger partial charge is 0.480 e. The lowest BCUT2D eigenvalue weighted by molar-refractivity contribution is -0.139. The first-order valence-electron chi connectivity index (χ1n) is 4.72.